The highest BCUT2D eigenvalue weighted by Gasteiger charge is 2.37. The normalized spacial score (nSPS) is 26.7. The first-order valence-electron chi connectivity index (χ1n) is 6.48. The first-order valence-corrected chi connectivity index (χ1v) is 6.48. The molecule has 100 valence electrons. The van der Waals surface area contributed by atoms with Crippen LogP contribution in [0.15, 0.2) is 18.2 Å². The summed E-state index contributed by atoms with van der Waals surface area (Å²) in [5.41, 5.74) is 0.560. The summed E-state index contributed by atoms with van der Waals surface area (Å²) in [5, 5.41) is 10.3. The van der Waals surface area contributed by atoms with Gasteiger partial charge >= 0.3 is 0 Å². The van der Waals surface area contributed by atoms with Crippen LogP contribution in [-0.2, 0) is 0 Å². The molecule has 0 bridgehead atoms. The fourth-order valence-corrected chi connectivity index (χ4v) is 2.82. The van der Waals surface area contributed by atoms with Crippen molar-refractivity contribution in [1.29, 1.82) is 0 Å². The zero-order valence-corrected chi connectivity index (χ0v) is 11.6. The van der Waals surface area contributed by atoms with Gasteiger partial charge < -0.3 is 14.6 Å². The van der Waals surface area contributed by atoms with Crippen LogP contribution in [0.3, 0.4) is 0 Å². The molecule has 2 atom stereocenters. The zero-order valence-electron chi connectivity index (χ0n) is 11.6. The van der Waals surface area contributed by atoms with E-state index in [2.05, 4.69) is 20.8 Å². The second-order valence-electron chi connectivity index (χ2n) is 5.77. The fraction of sp³-hybridized carbons (Fsp3) is 0.600. The molecule has 2 unspecified atom stereocenters. The van der Waals surface area contributed by atoms with Gasteiger partial charge in [0.15, 0.2) is 0 Å². The van der Waals surface area contributed by atoms with Crippen molar-refractivity contribution in [2.45, 2.75) is 45.3 Å². The van der Waals surface area contributed by atoms with Gasteiger partial charge in [-0.05, 0) is 31.4 Å². The number of ether oxygens (including phenoxy) is 2. The number of benzene rings is 1. The number of hydrogen-bond acceptors (Lipinski definition) is 3. The highest BCUT2D eigenvalue weighted by Crippen LogP contribution is 2.43. The van der Waals surface area contributed by atoms with Gasteiger partial charge in [0.1, 0.15) is 17.1 Å². The van der Waals surface area contributed by atoms with Gasteiger partial charge in [0.25, 0.3) is 0 Å². The number of fused-ring (bicyclic) bond motifs is 1. The van der Waals surface area contributed by atoms with Crippen LogP contribution in [0.2, 0.25) is 0 Å². The molecule has 0 saturated carbocycles. The fourth-order valence-electron chi connectivity index (χ4n) is 2.82. The minimum absolute atomic E-state index is 0.299. The molecule has 0 aliphatic carbocycles. The quantitative estimate of drug-likeness (QED) is 0.894. The molecule has 18 heavy (non-hydrogen) atoms. The summed E-state index contributed by atoms with van der Waals surface area (Å²) in [7, 11) is 1.63. The molecule has 1 heterocycles. The van der Waals surface area contributed by atoms with Crippen LogP contribution < -0.4 is 9.47 Å². The van der Waals surface area contributed by atoms with Gasteiger partial charge in [-0.15, -0.1) is 0 Å². The smallest absolute Gasteiger partial charge is 0.129 e. The average Bonchev–Trinajstić information content (AvgIpc) is 2.26. The van der Waals surface area contributed by atoms with Gasteiger partial charge in [0, 0.05) is 18.1 Å². The maximum absolute atomic E-state index is 10.3. The van der Waals surface area contributed by atoms with E-state index < -0.39 is 6.10 Å². The van der Waals surface area contributed by atoms with Crippen LogP contribution >= 0.6 is 0 Å². The summed E-state index contributed by atoms with van der Waals surface area (Å²) < 4.78 is 11.3. The summed E-state index contributed by atoms with van der Waals surface area (Å²) in [6, 6.07) is 5.60. The van der Waals surface area contributed by atoms with Crippen molar-refractivity contribution in [3.05, 3.63) is 23.8 Å². The Hall–Kier alpha value is -1.22. The van der Waals surface area contributed by atoms with Gasteiger partial charge in [-0.3, -0.25) is 0 Å². The molecule has 0 radical (unpaired) electrons. The lowest BCUT2D eigenvalue weighted by molar-refractivity contribution is -0.0145. The van der Waals surface area contributed by atoms with E-state index in [1.807, 2.05) is 18.2 Å². The molecule has 1 aliphatic rings. The summed E-state index contributed by atoms with van der Waals surface area (Å²) in [5.74, 6) is 2.04. The molecule has 1 aliphatic heterocycles. The first-order chi connectivity index (χ1) is 8.43. The SMILES string of the molecule is COc1ccc2c(c1)OC(C)(CC(C)C)CC2O. The van der Waals surface area contributed by atoms with Crippen LogP contribution in [0.5, 0.6) is 11.5 Å². The maximum Gasteiger partial charge on any atom is 0.129 e. The van der Waals surface area contributed by atoms with E-state index in [0.717, 1.165) is 23.5 Å². The molecule has 1 aromatic carbocycles. The van der Waals surface area contributed by atoms with E-state index in [1.165, 1.54) is 0 Å². The largest absolute Gasteiger partial charge is 0.497 e. The number of aliphatic hydroxyl groups excluding tert-OH is 1. The molecule has 3 heteroatoms. The number of aliphatic hydroxyl groups is 1. The molecule has 0 fully saturated rings. The van der Waals surface area contributed by atoms with E-state index in [9.17, 15) is 5.11 Å². The first kappa shape index (κ1) is 13.2. The van der Waals surface area contributed by atoms with Crippen LogP contribution in [0.25, 0.3) is 0 Å². The maximum atomic E-state index is 10.3. The highest BCUT2D eigenvalue weighted by molar-refractivity contribution is 5.43. The van der Waals surface area contributed by atoms with E-state index in [4.69, 9.17) is 9.47 Å². The van der Waals surface area contributed by atoms with Gasteiger partial charge in [-0.25, -0.2) is 0 Å². The van der Waals surface area contributed by atoms with Crippen LogP contribution in [-0.4, -0.2) is 17.8 Å². The Morgan fingerprint density at radius 2 is 2.22 bits per heavy atom. The molecule has 0 saturated heterocycles. The highest BCUT2D eigenvalue weighted by atomic mass is 16.5. The van der Waals surface area contributed by atoms with Crippen molar-refractivity contribution in [1.82, 2.24) is 0 Å². The molecule has 1 N–H and O–H groups in total. The second-order valence-corrected chi connectivity index (χ2v) is 5.77. The molecule has 1 aromatic rings. The summed E-state index contributed by atoms with van der Waals surface area (Å²) in [6.07, 6.45) is 1.12. The van der Waals surface area contributed by atoms with Crippen molar-refractivity contribution in [3.8, 4) is 11.5 Å². The Kier molecular flexibility index (Phi) is 3.53. The Morgan fingerprint density at radius 3 is 2.83 bits per heavy atom. The molecule has 3 nitrogen and oxygen atoms in total. The Labute approximate surface area is 109 Å². The average molecular weight is 250 g/mol. The number of hydrogen-bond donors (Lipinski definition) is 1. The van der Waals surface area contributed by atoms with Crippen molar-refractivity contribution in [2.75, 3.05) is 7.11 Å². The topological polar surface area (TPSA) is 38.7 Å². The van der Waals surface area contributed by atoms with Crippen LogP contribution in [0.4, 0.5) is 0 Å². The molecular weight excluding hydrogens is 228 g/mol. The van der Waals surface area contributed by atoms with Crippen LogP contribution in [0, 0.1) is 5.92 Å². The lowest BCUT2D eigenvalue weighted by Crippen LogP contribution is -2.39. The monoisotopic (exact) mass is 250 g/mol. The lowest BCUT2D eigenvalue weighted by atomic mass is 9.84. The Morgan fingerprint density at radius 1 is 1.50 bits per heavy atom. The third-order valence-corrected chi connectivity index (χ3v) is 3.40. The van der Waals surface area contributed by atoms with Crippen molar-refractivity contribution >= 4 is 0 Å². The zero-order chi connectivity index (χ0) is 13.3. The Balaban J connectivity index is 2.31. The molecule has 0 amide bonds. The van der Waals surface area contributed by atoms with Crippen LogP contribution in [0.1, 0.15) is 45.3 Å². The second kappa shape index (κ2) is 4.81. The molecule has 2 rings (SSSR count). The molecule has 0 aromatic heterocycles. The van der Waals surface area contributed by atoms with Crippen molar-refractivity contribution < 1.29 is 14.6 Å². The predicted molar refractivity (Wildman–Crippen MR) is 71.1 cm³/mol. The van der Waals surface area contributed by atoms with E-state index in [1.54, 1.807) is 7.11 Å². The molecular formula is C15H22O3. The summed E-state index contributed by atoms with van der Waals surface area (Å²) >= 11 is 0. The van der Waals surface area contributed by atoms with E-state index in [-0.39, 0.29) is 5.60 Å². The minimum Gasteiger partial charge on any atom is -0.497 e. The van der Waals surface area contributed by atoms with Gasteiger partial charge in [-0.2, -0.15) is 0 Å². The van der Waals surface area contributed by atoms with Crippen molar-refractivity contribution in [3.63, 3.8) is 0 Å². The van der Waals surface area contributed by atoms with Gasteiger partial charge in [-0.1, -0.05) is 13.8 Å². The summed E-state index contributed by atoms with van der Waals surface area (Å²) in [4.78, 5) is 0. The van der Waals surface area contributed by atoms with Crippen molar-refractivity contribution in [2.24, 2.45) is 5.92 Å². The Bertz CT molecular complexity index is 428. The number of rotatable bonds is 3. The summed E-state index contributed by atoms with van der Waals surface area (Å²) in [6.45, 7) is 6.41. The lowest BCUT2D eigenvalue weighted by Gasteiger charge is -2.39. The third-order valence-electron chi connectivity index (χ3n) is 3.40. The van der Waals surface area contributed by atoms with Gasteiger partial charge in [0.05, 0.1) is 13.2 Å². The van der Waals surface area contributed by atoms with Gasteiger partial charge in [0.2, 0.25) is 0 Å². The standard InChI is InChI=1S/C15H22O3/c1-10(2)8-15(3)9-13(16)12-6-5-11(17-4)7-14(12)18-15/h5-7,10,13,16H,8-9H2,1-4H3. The third kappa shape index (κ3) is 2.61. The predicted octanol–water partition coefficient (Wildman–Crippen LogP) is 3.32. The van der Waals surface area contributed by atoms with E-state index >= 15 is 0 Å². The molecule has 0 spiro atoms. The van der Waals surface area contributed by atoms with E-state index in [0.29, 0.717) is 12.3 Å². The number of methoxy groups -OCH3 is 1. The minimum atomic E-state index is -0.455.